The van der Waals surface area contributed by atoms with Gasteiger partial charge in [-0.2, -0.15) is 0 Å². The zero-order valence-electron chi connectivity index (χ0n) is 14.3. The monoisotopic (exact) mass is 344 g/mol. The first kappa shape index (κ1) is 17.2. The number of amides is 1. The van der Waals surface area contributed by atoms with E-state index in [0.717, 1.165) is 17.1 Å². The maximum atomic E-state index is 13.2. The van der Waals surface area contributed by atoms with Gasteiger partial charge in [-0.25, -0.2) is 4.39 Å². The minimum atomic E-state index is -0.790. The molecular formula is C19H21FN2O3. The number of hydrogen-bond acceptors (Lipinski definition) is 2. The highest BCUT2D eigenvalue weighted by Crippen LogP contribution is 2.25. The highest BCUT2D eigenvalue weighted by atomic mass is 19.1. The number of piperidine rings is 1. The van der Waals surface area contributed by atoms with E-state index < -0.39 is 5.97 Å². The zero-order valence-corrected chi connectivity index (χ0v) is 14.3. The summed E-state index contributed by atoms with van der Waals surface area (Å²) < 4.78 is 15.1. The highest BCUT2D eigenvalue weighted by Gasteiger charge is 2.29. The van der Waals surface area contributed by atoms with Crippen molar-refractivity contribution in [3.8, 4) is 5.69 Å². The summed E-state index contributed by atoms with van der Waals surface area (Å²) in [6.07, 6.45) is 0.968. The van der Waals surface area contributed by atoms with Crippen molar-refractivity contribution in [1.29, 1.82) is 0 Å². The minimum Gasteiger partial charge on any atom is -0.481 e. The lowest BCUT2D eigenvalue weighted by atomic mass is 9.96. The van der Waals surface area contributed by atoms with Crippen LogP contribution in [0.25, 0.3) is 5.69 Å². The van der Waals surface area contributed by atoms with Crippen molar-refractivity contribution >= 4 is 11.9 Å². The van der Waals surface area contributed by atoms with Gasteiger partial charge in [-0.3, -0.25) is 9.59 Å². The molecule has 0 unspecified atom stereocenters. The SMILES string of the molecule is Cc1cc(C(=O)N2CCC(C(=O)O)CC2)c(C)n1-c1ccc(F)cc1. The third-order valence-corrected chi connectivity index (χ3v) is 4.88. The van der Waals surface area contributed by atoms with Gasteiger partial charge in [-0.1, -0.05) is 0 Å². The van der Waals surface area contributed by atoms with Gasteiger partial charge in [0.2, 0.25) is 0 Å². The second-order valence-electron chi connectivity index (χ2n) is 6.50. The number of benzene rings is 1. The molecule has 2 heterocycles. The standard InChI is InChI=1S/C19H21FN2O3/c1-12-11-17(13(2)22(12)16-5-3-15(20)4-6-16)18(23)21-9-7-14(8-10-21)19(24)25/h3-6,11,14H,7-10H2,1-2H3,(H,24,25). The summed E-state index contributed by atoms with van der Waals surface area (Å²) in [6, 6.07) is 7.99. The smallest absolute Gasteiger partial charge is 0.306 e. The van der Waals surface area contributed by atoms with E-state index in [4.69, 9.17) is 5.11 Å². The first-order chi connectivity index (χ1) is 11.9. The molecule has 1 amide bonds. The van der Waals surface area contributed by atoms with Crippen molar-refractivity contribution in [2.45, 2.75) is 26.7 Å². The summed E-state index contributed by atoms with van der Waals surface area (Å²) in [5.74, 6) is -1.54. The van der Waals surface area contributed by atoms with Gasteiger partial charge in [-0.05, 0) is 57.0 Å². The molecule has 2 aromatic rings. The van der Waals surface area contributed by atoms with Crippen LogP contribution in [-0.2, 0) is 4.79 Å². The molecule has 6 heteroatoms. The number of halogens is 1. The van der Waals surface area contributed by atoms with Gasteiger partial charge < -0.3 is 14.6 Å². The third-order valence-electron chi connectivity index (χ3n) is 4.88. The molecule has 0 aliphatic carbocycles. The van der Waals surface area contributed by atoms with Crippen LogP contribution in [0.5, 0.6) is 0 Å². The van der Waals surface area contributed by atoms with Crippen molar-refractivity contribution < 1.29 is 19.1 Å². The lowest BCUT2D eigenvalue weighted by Crippen LogP contribution is -2.40. The Hall–Kier alpha value is -2.63. The number of carboxylic acids is 1. The fraction of sp³-hybridized carbons (Fsp3) is 0.368. The largest absolute Gasteiger partial charge is 0.481 e. The molecule has 1 aliphatic rings. The number of carbonyl (C=O) groups is 2. The van der Waals surface area contributed by atoms with E-state index in [9.17, 15) is 14.0 Å². The highest BCUT2D eigenvalue weighted by molar-refractivity contribution is 5.96. The minimum absolute atomic E-state index is 0.0784. The summed E-state index contributed by atoms with van der Waals surface area (Å²) in [5, 5.41) is 9.08. The number of nitrogens with zero attached hydrogens (tertiary/aromatic N) is 2. The van der Waals surface area contributed by atoms with Gasteiger partial charge in [0.05, 0.1) is 11.5 Å². The van der Waals surface area contributed by atoms with Gasteiger partial charge in [0.25, 0.3) is 5.91 Å². The number of carbonyl (C=O) groups excluding carboxylic acids is 1. The molecule has 1 aliphatic heterocycles. The van der Waals surface area contributed by atoms with Crippen LogP contribution < -0.4 is 0 Å². The predicted octanol–water partition coefficient (Wildman–Crippen LogP) is 3.17. The Labute approximate surface area is 145 Å². The van der Waals surface area contributed by atoms with Crippen molar-refractivity contribution in [2.75, 3.05) is 13.1 Å². The fourth-order valence-electron chi connectivity index (χ4n) is 3.47. The Morgan fingerprint density at radius 3 is 2.28 bits per heavy atom. The van der Waals surface area contributed by atoms with Gasteiger partial charge in [0.1, 0.15) is 5.82 Å². The van der Waals surface area contributed by atoms with Crippen LogP contribution >= 0.6 is 0 Å². The molecule has 1 aromatic carbocycles. The first-order valence-electron chi connectivity index (χ1n) is 8.35. The molecule has 0 saturated carbocycles. The molecule has 1 aromatic heterocycles. The summed E-state index contributed by atoms with van der Waals surface area (Å²) in [5.41, 5.74) is 3.11. The molecule has 3 rings (SSSR count). The molecule has 132 valence electrons. The summed E-state index contributed by atoms with van der Waals surface area (Å²) in [4.78, 5) is 25.6. The molecule has 0 spiro atoms. The van der Waals surface area contributed by atoms with Crippen LogP contribution in [0.15, 0.2) is 30.3 Å². The first-order valence-corrected chi connectivity index (χ1v) is 8.35. The molecule has 1 N–H and O–H groups in total. The Balaban J connectivity index is 1.84. The van der Waals surface area contributed by atoms with Crippen LogP contribution in [0.4, 0.5) is 4.39 Å². The lowest BCUT2D eigenvalue weighted by Gasteiger charge is -2.30. The molecule has 0 bridgehead atoms. The molecule has 1 saturated heterocycles. The number of aliphatic carboxylic acids is 1. The van der Waals surface area contributed by atoms with Crippen LogP contribution in [0.2, 0.25) is 0 Å². The second kappa shape index (κ2) is 6.70. The molecule has 5 nitrogen and oxygen atoms in total. The number of hydrogen-bond donors (Lipinski definition) is 1. The molecule has 25 heavy (non-hydrogen) atoms. The van der Waals surface area contributed by atoms with Crippen molar-refractivity contribution in [3.63, 3.8) is 0 Å². The molecule has 0 radical (unpaired) electrons. The van der Waals surface area contributed by atoms with Gasteiger partial charge in [-0.15, -0.1) is 0 Å². The summed E-state index contributed by atoms with van der Waals surface area (Å²) >= 11 is 0. The predicted molar refractivity (Wildman–Crippen MR) is 91.5 cm³/mol. The molecule has 1 fully saturated rings. The van der Waals surface area contributed by atoms with Crippen LogP contribution in [0.3, 0.4) is 0 Å². The van der Waals surface area contributed by atoms with Crippen LogP contribution in [0.1, 0.15) is 34.6 Å². The maximum absolute atomic E-state index is 13.2. The lowest BCUT2D eigenvalue weighted by molar-refractivity contribution is -0.143. The number of aromatic nitrogens is 1. The van der Waals surface area contributed by atoms with E-state index in [-0.39, 0.29) is 17.6 Å². The van der Waals surface area contributed by atoms with Crippen LogP contribution in [0, 0.1) is 25.6 Å². The van der Waals surface area contributed by atoms with Gasteiger partial charge in [0, 0.05) is 30.2 Å². The van der Waals surface area contributed by atoms with E-state index in [1.807, 2.05) is 24.5 Å². The fourth-order valence-corrected chi connectivity index (χ4v) is 3.47. The molecular weight excluding hydrogens is 323 g/mol. The number of carboxylic acid groups (broad SMARTS) is 1. The Morgan fingerprint density at radius 1 is 1.12 bits per heavy atom. The van der Waals surface area contributed by atoms with E-state index in [1.54, 1.807) is 17.0 Å². The third kappa shape index (κ3) is 3.29. The number of rotatable bonds is 3. The van der Waals surface area contributed by atoms with Crippen molar-refractivity contribution in [3.05, 3.63) is 53.1 Å². The van der Waals surface area contributed by atoms with E-state index in [2.05, 4.69) is 0 Å². The van der Waals surface area contributed by atoms with E-state index >= 15 is 0 Å². The van der Waals surface area contributed by atoms with E-state index in [1.165, 1.54) is 12.1 Å². The average molecular weight is 344 g/mol. The zero-order chi connectivity index (χ0) is 18.1. The van der Waals surface area contributed by atoms with Gasteiger partial charge in [0.15, 0.2) is 0 Å². The van der Waals surface area contributed by atoms with E-state index in [0.29, 0.717) is 31.5 Å². The Morgan fingerprint density at radius 2 is 1.72 bits per heavy atom. The van der Waals surface area contributed by atoms with Crippen molar-refractivity contribution in [2.24, 2.45) is 5.92 Å². The average Bonchev–Trinajstić information content (AvgIpc) is 2.90. The molecule has 0 atom stereocenters. The Bertz CT molecular complexity index is 803. The second-order valence-corrected chi connectivity index (χ2v) is 6.50. The number of aryl methyl sites for hydroxylation is 1. The quantitative estimate of drug-likeness (QED) is 0.930. The topological polar surface area (TPSA) is 62.5 Å². The summed E-state index contributed by atoms with van der Waals surface area (Å²) in [7, 11) is 0. The number of likely N-dealkylation sites (tertiary alicyclic amines) is 1. The normalized spacial score (nSPS) is 15.4. The Kier molecular flexibility index (Phi) is 4.61. The van der Waals surface area contributed by atoms with Gasteiger partial charge >= 0.3 is 5.97 Å². The van der Waals surface area contributed by atoms with Crippen LogP contribution in [-0.4, -0.2) is 39.5 Å². The van der Waals surface area contributed by atoms with Crippen molar-refractivity contribution in [1.82, 2.24) is 9.47 Å². The summed E-state index contributed by atoms with van der Waals surface area (Å²) in [6.45, 7) is 4.68. The maximum Gasteiger partial charge on any atom is 0.306 e.